The highest BCUT2D eigenvalue weighted by molar-refractivity contribution is 7.12. The molecule has 0 fully saturated rings. The molecular weight excluding hydrogens is 371 g/mol. The molecule has 0 aliphatic rings. The monoisotopic (exact) mass is 381 g/mol. The number of aromatic hydroxyl groups is 1. The Labute approximate surface area is 148 Å². The van der Waals surface area contributed by atoms with Crippen molar-refractivity contribution in [1.29, 1.82) is 0 Å². The van der Waals surface area contributed by atoms with Gasteiger partial charge in [0.2, 0.25) is 5.13 Å². The molecule has 26 heavy (non-hydrogen) atoms. The van der Waals surface area contributed by atoms with Gasteiger partial charge in [-0.15, -0.1) is 11.3 Å². The van der Waals surface area contributed by atoms with Crippen molar-refractivity contribution in [2.75, 3.05) is 0 Å². The molecule has 2 N–H and O–H groups in total. The molecule has 1 aromatic carbocycles. The van der Waals surface area contributed by atoms with Crippen LogP contribution in [0.1, 0.15) is 27.4 Å². The first-order valence-corrected chi connectivity index (χ1v) is 7.96. The van der Waals surface area contributed by atoms with Crippen LogP contribution in [0.15, 0.2) is 35.7 Å². The van der Waals surface area contributed by atoms with Crippen LogP contribution in [-0.2, 0) is 6.18 Å². The van der Waals surface area contributed by atoms with Crippen molar-refractivity contribution < 1.29 is 28.2 Å². The molecule has 0 aliphatic carbocycles. The lowest BCUT2D eigenvalue weighted by atomic mass is 10.2. The Kier molecular flexibility index (Phi) is 4.51. The summed E-state index contributed by atoms with van der Waals surface area (Å²) in [7, 11) is 0. The van der Waals surface area contributed by atoms with Gasteiger partial charge in [0.15, 0.2) is 11.4 Å². The molecule has 3 rings (SSSR count). The fourth-order valence-corrected chi connectivity index (χ4v) is 2.85. The van der Waals surface area contributed by atoms with Crippen molar-refractivity contribution in [3.8, 4) is 10.9 Å². The summed E-state index contributed by atoms with van der Waals surface area (Å²) in [5, 5.41) is 23.3. The summed E-state index contributed by atoms with van der Waals surface area (Å²) in [5.41, 5.74) is -1.05. The second kappa shape index (κ2) is 6.64. The van der Waals surface area contributed by atoms with Crippen LogP contribution in [0.3, 0.4) is 0 Å². The second-order valence-electron chi connectivity index (χ2n) is 5.08. The number of phenols is 1. The van der Waals surface area contributed by atoms with Crippen molar-refractivity contribution >= 4 is 29.5 Å². The molecule has 0 saturated heterocycles. The summed E-state index contributed by atoms with van der Waals surface area (Å²) < 4.78 is 40.4. The first-order chi connectivity index (χ1) is 12.3. The third kappa shape index (κ3) is 3.59. The summed E-state index contributed by atoms with van der Waals surface area (Å²) in [6.45, 7) is 0. The van der Waals surface area contributed by atoms with Gasteiger partial charge in [-0.1, -0.05) is 18.2 Å². The molecule has 0 saturated carbocycles. The van der Waals surface area contributed by atoms with Gasteiger partial charge >= 0.3 is 12.1 Å². The number of nitrogens with zero attached hydrogens (tertiary/aromatic N) is 3. The maximum atomic E-state index is 13.3. The largest absolute Gasteiger partial charge is 0.507 e. The molecule has 3 aromatic rings. The number of carboxylic acid groups (broad SMARTS) is 1. The molecule has 2 heterocycles. The summed E-state index contributed by atoms with van der Waals surface area (Å²) in [6.07, 6.45) is -1.97. The fraction of sp³-hybridized carbons (Fsp3) is 0.0625. The Morgan fingerprint density at radius 2 is 1.96 bits per heavy atom. The summed E-state index contributed by atoms with van der Waals surface area (Å²) >= 11 is 0.736. The maximum absolute atomic E-state index is 13.3. The molecule has 0 bridgehead atoms. The zero-order valence-corrected chi connectivity index (χ0v) is 13.6. The van der Waals surface area contributed by atoms with Gasteiger partial charge in [0.25, 0.3) is 0 Å². The first-order valence-electron chi connectivity index (χ1n) is 7.08. The normalized spacial score (nSPS) is 12.0. The Balaban J connectivity index is 2.02. The molecule has 0 unspecified atom stereocenters. The van der Waals surface area contributed by atoms with E-state index in [0.717, 1.165) is 22.8 Å². The molecule has 0 aliphatic heterocycles. The number of aromatic nitrogens is 3. The van der Waals surface area contributed by atoms with Gasteiger partial charge in [0.05, 0.1) is 5.69 Å². The lowest BCUT2D eigenvalue weighted by Crippen LogP contribution is -2.13. The van der Waals surface area contributed by atoms with Crippen LogP contribution in [0, 0.1) is 0 Å². The number of hydrogen-bond acceptors (Lipinski definition) is 5. The number of para-hydroxylation sites is 1. The van der Waals surface area contributed by atoms with Crippen LogP contribution >= 0.6 is 11.3 Å². The van der Waals surface area contributed by atoms with Gasteiger partial charge in [-0.05, 0) is 24.3 Å². The third-order valence-electron chi connectivity index (χ3n) is 3.28. The van der Waals surface area contributed by atoms with E-state index in [0.29, 0.717) is 10.2 Å². The van der Waals surface area contributed by atoms with Crippen molar-refractivity contribution in [3.63, 3.8) is 0 Å². The van der Waals surface area contributed by atoms with Gasteiger partial charge < -0.3 is 10.2 Å². The Hall–Kier alpha value is -3.14. The number of benzene rings is 1. The van der Waals surface area contributed by atoms with Crippen LogP contribution in [0.5, 0.6) is 5.75 Å². The quantitative estimate of drug-likeness (QED) is 0.715. The fourth-order valence-electron chi connectivity index (χ4n) is 2.09. The zero-order chi connectivity index (χ0) is 18.9. The van der Waals surface area contributed by atoms with Gasteiger partial charge in [-0.3, -0.25) is 0 Å². The number of alkyl halides is 3. The number of rotatable bonds is 4. The Morgan fingerprint density at radius 3 is 2.58 bits per heavy atom. The van der Waals surface area contributed by atoms with Crippen molar-refractivity contribution in [1.82, 2.24) is 14.8 Å². The topological polar surface area (TPSA) is 88.2 Å². The SMILES string of the molecule is O=C(O)c1csc(-n2nc(C=Cc3ccccc3O)cc2C(F)(F)F)n1. The van der Waals surface area contributed by atoms with E-state index in [1.165, 1.54) is 18.2 Å². The highest BCUT2D eigenvalue weighted by Crippen LogP contribution is 2.33. The third-order valence-corrected chi connectivity index (χ3v) is 4.10. The lowest BCUT2D eigenvalue weighted by Gasteiger charge is -2.06. The Morgan fingerprint density at radius 1 is 1.23 bits per heavy atom. The van der Waals surface area contributed by atoms with E-state index in [1.807, 2.05) is 0 Å². The van der Waals surface area contributed by atoms with E-state index >= 15 is 0 Å². The molecule has 2 aromatic heterocycles. The van der Waals surface area contributed by atoms with Gasteiger partial charge in [-0.25, -0.2) is 14.5 Å². The van der Waals surface area contributed by atoms with Crippen molar-refractivity contribution in [2.24, 2.45) is 0 Å². The van der Waals surface area contributed by atoms with E-state index in [4.69, 9.17) is 5.11 Å². The standard InChI is InChI=1S/C16H10F3N3O3S/c17-16(18,19)13-7-10(6-5-9-3-1-2-4-12(9)23)21-22(13)15-20-11(8-26-15)14(24)25/h1-8,23H,(H,24,25). The number of thiazole rings is 1. The predicted octanol–water partition coefficient (Wildman–Crippen LogP) is 3.92. The Bertz CT molecular complexity index is 992. The molecule has 10 heteroatoms. The van der Waals surface area contributed by atoms with Crippen molar-refractivity contribution in [3.05, 3.63) is 58.4 Å². The van der Waals surface area contributed by atoms with Crippen molar-refractivity contribution in [2.45, 2.75) is 6.18 Å². The molecule has 0 amide bonds. The van der Waals surface area contributed by atoms with Crippen LogP contribution in [0.25, 0.3) is 17.3 Å². The van der Waals surface area contributed by atoms with Gasteiger partial charge in [-0.2, -0.15) is 18.3 Å². The smallest absolute Gasteiger partial charge is 0.433 e. The summed E-state index contributed by atoms with van der Waals surface area (Å²) in [5.74, 6) is -1.36. The molecule has 0 radical (unpaired) electrons. The minimum atomic E-state index is -4.71. The number of hydrogen-bond donors (Lipinski definition) is 2. The number of carboxylic acids is 1. The molecule has 0 spiro atoms. The highest BCUT2D eigenvalue weighted by Gasteiger charge is 2.37. The van der Waals surface area contributed by atoms with Gasteiger partial charge in [0.1, 0.15) is 5.75 Å². The highest BCUT2D eigenvalue weighted by atomic mass is 32.1. The van der Waals surface area contributed by atoms with E-state index in [9.17, 15) is 23.1 Å². The lowest BCUT2D eigenvalue weighted by molar-refractivity contribution is -0.142. The van der Waals surface area contributed by atoms with E-state index in [-0.39, 0.29) is 22.3 Å². The number of phenolic OH excluding ortho intramolecular Hbond substituents is 1. The average molecular weight is 381 g/mol. The maximum Gasteiger partial charge on any atom is 0.433 e. The number of carbonyl (C=O) groups is 1. The van der Waals surface area contributed by atoms with E-state index < -0.39 is 17.8 Å². The van der Waals surface area contributed by atoms with E-state index in [1.54, 1.807) is 18.2 Å². The minimum absolute atomic E-state index is 0.0207. The zero-order valence-electron chi connectivity index (χ0n) is 12.8. The summed E-state index contributed by atoms with van der Waals surface area (Å²) in [4.78, 5) is 14.5. The van der Waals surface area contributed by atoms with E-state index in [2.05, 4.69) is 10.1 Å². The van der Waals surface area contributed by atoms with Gasteiger partial charge in [0, 0.05) is 10.9 Å². The summed E-state index contributed by atoms with van der Waals surface area (Å²) in [6, 6.07) is 7.14. The second-order valence-corrected chi connectivity index (χ2v) is 5.91. The average Bonchev–Trinajstić information content (AvgIpc) is 3.20. The van der Waals surface area contributed by atoms with Crippen LogP contribution in [0.2, 0.25) is 0 Å². The van der Waals surface area contributed by atoms with Crippen LogP contribution < -0.4 is 0 Å². The predicted molar refractivity (Wildman–Crippen MR) is 88.2 cm³/mol. The molecular formula is C16H10F3N3O3S. The van der Waals surface area contributed by atoms with Crippen LogP contribution in [0.4, 0.5) is 13.2 Å². The number of aromatic carboxylic acids is 1. The molecule has 0 atom stereocenters. The number of halogens is 3. The molecule has 6 nitrogen and oxygen atoms in total. The molecule has 134 valence electrons. The minimum Gasteiger partial charge on any atom is -0.507 e. The first kappa shape index (κ1) is 17.7. The van der Waals surface area contributed by atoms with Crippen LogP contribution in [-0.4, -0.2) is 30.9 Å².